The minimum Gasteiger partial charge on any atom is -0.350 e. The Balaban J connectivity index is 2.22. The highest BCUT2D eigenvalue weighted by Gasteiger charge is 2.21. The van der Waals surface area contributed by atoms with Gasteiger partial charge in [0, 0.05) is 24.5 Å². The zero-order valence-corrected chi connectivity index (χ0v) is 15.1. The summed E-state index contributed by atoms with van der Waals surface area (Å²) in [6.07, 6.45) is 1.57. The monoisotopic (exact) mass is 346 g/mol. The fraction of sp³-hybridized carbons (Fsp3) is 0.353. The first kappa shape index (κ1) is 17.9. The number of hydrogen-bond donors (Lipinski definition) is 2. The number of carbonyl (C=O) groups is 2. The third-order valence-electron chi connectivity index (χ3n) is 3.25. The van der Waals surface area contributed by atoms with Gasteiger partial charge in [0.25, 0.3) is 5.91 Å². The molecule has 0 saturated heterocycles. The number of para-hydroxylation sites is 1. The van der Waals surface area contributed by atoms with Gasteiger partial charge in [-0.05, 0) is 45.1 Å². The fourth-order valence-electron chi connectivity index (χ4n) is 2.30. The molecule has 0 fully saturated rings. The molecule has 2 rings (SSSR count). The lowest BCUT2D eigenvalue weighted by Gasteiger charge is -2.23. The van der Waals surface area contributed by atoms with Gasteiger partial charge in [-0.25, -0.2) is 0 Å². The van der Waals surface area contributed by atoms with Gasteiger partial charge in [-0.3, -0.25) is 14.2 Å². The number of nitrogens with one attached hydrogen (secondary N) is 2. The van der Waals surface area contributed by atoms with E-state index in [1.807, 2.05) is 51.1 Å². The van der Waals surface area contributed by atoms with E-state index in [4.69, 9.17) is 12.2 Å². The number of carbonyl (C=O) groups excluding carboxylic acids is 2. The number of aromatic amines is 1. The van der Waals surface area contributed by atoms with Crippen molar-refractivity contribution in [3.05, 3.63) is 47.0 Å². The quantitative estimate of drug-likeness (QED) is 0.836. The molecule has 2 N–H and O–H groups in total. The van der Waals surface area contributed by atoms with Crippen LogP contribution in [-0.2, 0) is 4.79 Å². The average molecular weight is 346 g/mol. The zero-order chi connectivity index (χ0) is 17.9. The second-order valence-corrected chi connectivity index (χ2v) is 7.00. The van der Waals surface area contributed by atoms with Gasteiger partial charge in [0.2, 0.25) is 5.91 Å². The second-order valence-electron chi connectivity index (χ2n) is 6.61. The first-order chi connectivity index (χ1) is 11.2. The van der Waals surface area contributed by atoms with Crippen LogP contribution in [0.25, 0.3) is 5.69 Å². The standard InChI is InChI=1S/C17H22N4O2S/c1-17(2,3)19-14(22)11-20(4)15(23)13-10-18-16(24)21(13)12-8-6-5-7-9-12/h5-10H,11H2,1-4H3,(H,18,24)(H,19,22). The number of amides is 2. The lowest BCUT2D eigenvalue weighted by Crippen LogP contribution is -2.46. The maximum Gasteiger partial charge on any atom is 0.272 e. The van der Waals surface area contributed by atoms with Gasteiger partial charge in [0.05, 0.1) is 6.54 Å². The van der Waals surface area contributed by atoms with E-state index in [0.29, 0.717) is 10.5 Å². The molecule has 128 valence electrons. The second kappa shape index (κ2) is 7.00. The van der Waals surface area contributed by atoms with Crippen molar-refractivity contribution in [2.75, 3.05) is 13.6 Å². The van der Waals surface area contributed by atoms with Crippen molar-refractivity contribution in [1.29, 1.82) is 0 Å². The molecule has 0 unspecified atom stereocenters. The van der Waals surface area contributed by atoms with Crippen molar-refractivity contribution in [2.45, 2.75) is 26.3 Å². The molecule has 1 heterocycles. The molecule has 1 aromatic carbocycles. The van der Waals surface area contributed by atoms with Crippen molar-refractivity contribution in [3.63, 3.8) is 0 Å². The number of aromatic nitrogens is 2. The van der Waals surface area contributed by atoms with E-state index in [2.05, 4.69) is 10.3 Å². The Hall–Kier alpha value is -2.41. The smallest absolute Gasteiger partial charge is 0.272 e. The summed E-state index contributed by atoms with van der Waals surface area (Å²) in [7, 11) is 1.59. The Morgan fingerprint density at radius 3 is 2.46 bits per heavy atom. The number of hydrogen-bond acceptors (Lipinski definition) is 3. The average Bonchev–Trinajstić information content (AvgIpc) is 2.87. The number of likely N-dealkylation sites (N-methyl/N-ethyl adjacent to an activating group) is 1. The van der Waals surface area contributed by atoms with Crippen molar-refractivity contribution in [2.24, 2.45) is 0 Å². The summed E-state index contributed by atoms with van der Waals surface area (Å²) in [4.78, 5) is 29.0. The van der Waals surface area contributed by atoms with Crippen LogP contribution in [0.5, 0.6) is 0 Å². The molecular formula is C17H22N4O2S. The van der Waals surface area contributed by atoms with Crippen LogP contribution in [0, 0.1) is 4.77 Å². The molecule has 0 atom stereocenters. The van der Waals surface area contributed by atoms with Crippen LogP contribution in [0.3, 0.4) is 0 Å². The normalized spacial score (nSPS) is 11.2. The van der Waals surface area contributed by atoms with E-state index in [1.54, 1.807) is 17.8 Å². The van der Waals surface area contributed by atoms with Gasteiger partial charge >= 0.3 is 0 Å². The third-order valence-corrected chi connectivity index (χ3v) is 3.55. The summed E-state index contributed by atoms with van der Waals surface area (Å²) in [6.45, 7) is 5.66. The fourth-order valence-corrected chi connectivity index (χ4v) is 2.56. The molecule has 24 heavy (non-hydrogen) atoms. The minimum atomic E-state index is -0.340. The number of nitrogens with zero attached hydrogens (tertiary/aromatic N) is 2. The largest absolute Gasteiger partial charge is 0.350 e. The van der Waals surface area contributed by atoms with Crippen LogP contribution in [-0.4, -0.2) is 45.4 Å². The lowest BCUT2D eigenvalue weighted by molar-refractivity contribution is -0.122. The third kappa shape index (κ3) is 4.32. The predicted octanol–water partition coefficient (Wildman–Crippen LogP) is 2.52. The van der Waals surface area contributed by atoms with Gasteiger partial charge in [0.15, 0.2) is 4.77 Å². The van der Waals surface area contributed by atoms with Crippen LogP contribution in [0.15, 0.2) is 36.5 Å². The van der Waals surface area contributed by atoms with Crippen LogP contribution in [0.1, 0.15) is 31.3 Å². The molecular weight excluding hydrogens is 324 g/mol. The SMILES string of the molecule is CN(CC(=O)NC(C)(C)C)C(=O)c1c[nH]c(=S)n1-c1ccccc1. The van der Waals surface area contributed by atoms with Gasteiger partial charge < -0.3 is 15.2 Å². The van der Waals surface area contributed by atoms with E-state index in [9.17, 15) is 9.59 Å². The maximum atomic E-state index is 12.7. The summed E-state index contributed by atoms with van der Waals surface area (Å²) < 4.78 is 2.09. The number of H-pyrrole nitrogens is 1. The topological polar surface area (TPSA) is 70.1 Å². The zero-order valence-electron chi connectivity index (χ0n) is 14.3. The Morgan fingerprint density at radius 2 is 1.88 bits per heavy atom. The highest BCUT2D eigenvalue weighted by molar-refractivity contribution is 7.71. The Bertz CT molecular complexity index is 787. The molecule has 0 radical (unpaired) electrons. The Kier molecular flexibility index (Phi) is 5.23. The number of benzene rings is 1. The molecule has 2 amide bonds. The number of rotatable bonds is 4. The summed E-state index contributed by atoms with van der Waals surface area (Å²) in [5, 5.41) is 2.84. The van der Waals surface area contributed by atoms with Gasteiger partial charge in [-0.15, -0.1) is 0 Å². The maximum absolute atomic E-state index is 12.7. The first-order valence-corrected chi connectivity index (χ1v) is 8.02. The molecule has 2 aromatic rings. The Morgan fingerprint density at radius 1 is 1.25 bits per heavy atom. The van der Waals surface area contributed by atoms with Crippen molar-refractivity contribution in [1.82, 2.24) is 19.8 Å². The molecule has 7 heteroatoms. The first-order valence-electron chi connectivity index (χ1n) is 7.61. The molecule has 6 nitrogen and oxygen atoms in total. The highest BCUT2D eigenvalue weighted by atomic mass is 32.1. The summed E-state index contributed by atoms with van der Waals surface area (Å²) in [5.41, 5.74) is 0.837. The van der Waals surface area contributed by atoms with E-state index in [-0.39, 0.29) is 23.9 Å². The molecule has 1 aromatic heterocycles. The van der Waals surface area contributed by atoms with Gasteiger partial charge in [0.1, 0.15) is 5.69 Å². The van der Waals surface area contributed by atoms with Crippen molar-refractivity contribution in [3.8, 4) is 5.69 Å². The van der Waals surface area contributed by atoms with Crippen molar-refractivity contribution < 1.29 is 9.59 Å². The molecule has 0 aliphatic rings. The Labute approximate surface area is 146 Å². The van der Waals surface area contributed by atoms with Crippen LogP contribution >= 0.6 is 12.2 Å². The van der Waals surface area contributed by atoms with Crippen LogP contribution < -0.4 is 5.32 Å². The summed E-state index contributed by atoms with van der Waals surface area (Å²) >= 11 is 5.28. The highest BCUT2D eigenvalue weighted by Crippen LogP contribution is 2.14. The summed E-state index contributed by atoms with van der Waals surface area (Å²) in [5.74, 6) is -0.492. The van der Waals surface area contributed by atoms with Gasteiger partial charge in [-0.2, -0.15) is 0 Å². The molecule has 0 saturated carbocycles. The molecule has 0 bridgehead atoms. The minimum absolute atomic E-state index is 0.0250. The van der Waals surface area contributed by atoms with E-state index in [1.165, 1.54) is 4.90 Å². The van der Waals surface area contributed by atoms with Crippen LogP contribution in [0.4, 0.5) is 0 Å². The molecule has 0 aliphatic heterocycles. The van der Waals surface area contributed by atoms with Crippen LogP contribution in [0.2, 0.25) is 0 Å². The lowest BCUT2D eigenvalue weighted by atomic mass is 10.1. The van der Waals surface area contributed by atoms with Crippen molar-refractivity contribution >= 4 is 24.0 Å². The van der Waals surface area contributed by atoms with E-state index < -0.39 is 0 Å². The molecule has 0 spiro atoms. The number of imidazole rings is 1. The predicted molar refractivity (Wildman–Crippen MR) is 95.8 cm³/mol. The van der Waals surface area contributed by atoms with E-state index >= 15 is 0 Å². The molecule has 0 aliphatic carbocycles. The van der Waals surface area contributed by atoms with E-state index in [0.717, 1.165) is 5.69 Å². The van der Waals surface area contributed by atoms with Gasteiger partial charge in [-0.1, -0.05) is 18.2 Å². The summed E-state index contributed by atoms with van der Waals surface area (Å²) in [6, 6.07) is 9.38.